The molecule has 0 spiro atoms. The lowest BCUT2D eigenvalue weighted by Crippen LogP contribution is -3.16. The fourth-order valence-electron chi connectivity index (χ4n) is 5.93. The molecule has 1 unspecified atom stereocenters. The standard InChI is InChI=1S/C23H26N4O4S/c1-24-20(29)23(9-15-6-7-32-13-15,21(30)25(2)22(24)31)14-26-10-16-8-17(12-26)18-4-3-5-19(28)27(18)11-16/h3-7,13,16-17H,8-12,14H2,1-2H3/p+1/t16-,17-/m1/s1. The van der Waals surface area contributed by atoms with Crippen molar-refractivity contribution < 1.29 is 19.3 Å². The van der Waals surface area contributed by atoms with Crippen LogP contribution in [0, 0.1) is 11.3 Å². The summed E-state index contributed by atoms with van der Waals surface area (Å²) in [6.45, 7) is 2.57. The molecule has 5 rings (SSSR count). The van der Waals surface area contributed by atoms with Gasteiger partial charge in [0.15, 0.2) is 5.41 Å². The van der Waals surface area contributed by atoms with Crippen molar-refractivity contribution in [2.75, 3.05) is 33.7 Å². The number of likely N-dealkylation sites (tertiary alicyclic amines) is 1. The average Bonchev–Trinajstić information content (AvgIpc) is 3.29. The number of barbiturate groups is 1. The molecule has 8 nitrogen and oxygen atoms in total. The summed E-state index contributed by atoms with van der Waals surface area (Å²) < 4.78 is 1.88. The van der Waals surface area contributed by atoms with E-state index in [2.05, 4.69) is 0 Å². The van der Waals surface area contributed by atoms with E-state index in [0.29, 0.717) is 19.0 Å². The Labute approximate surface area is 190 Å². The number of rotatable bonds is 4. The quantitative estimate of drug-likeness (QED) is 0.668. The molecule has 4 amide bonds. The Hall–Kier alpha value is -2.78. The predicted octanol–water partition coefficient (Wildman–Crippen LogP) is 0.191. The van der Waals surface area contributed by atoms with Crippen molar-refractivity contribution in [3.63, 3.8) is 0 Å². The minimum Gasteiger partial charge on any atom is -0.333 e. The van der Waals surface area contributed by atoms with Crippen LogP contribution in [0.2, 0.25) is 0 Å². The first-order chi connectivity index (χ1) is 15.3. The Balaban J connectivity index is 1.49. The number of nitrogens with one attached hydrogen (secondary N) is 1. The number of urea groups is 1. The van der Waals surface area contributed by atoms with Crippen LogP contribution in [0.4, 0.5) is 4.79 Å². The van der Waals surface area contributed by atoms with E-state index in [1.807, 2.05) is 33.5 Å². The number of imide groups is 2. The molecule has 32 heavy (non-hydrogen) atoms. The SMILES string of the molecule is CN1C(=O)N(C)C(=O)C(Cc2ccsc2)(C[NH+]2C[C@H]3C[C@H](C2)c2cccc(=O)n2C3)C1=O. The van der Waals surface area contributed by atoms with Crippen LogP contribution in [0.15, 0.2) is 39.8 Å². The van der Waals surface area contributed by atoms with Crippen molar-refractivity contribution in [3.8, 4) is 0 Å². The van der Waals surface area contributed by atoms with Crippen molar-refractivity contribution in [2.45, 2.75) is 25.3 Å². The molecule has 2 aromatic rings. The summed E-state index contributed by atoms with van der Waals surface area (Å²) in [5.41, 5.74) is 0.703. The van der Waals surface area contributed by atoms with Gasteiger partial charge in [0.1, 0.15) is 6.54 Å². The van der Waals surface area contributed by atoms with Crippen LogP contribution in [0.3, 0.4) is 0 Å². The van der Waals surface area contributed by atoms with Crippen LogP contribution < -0.4 is 10.5 Å². The van der Waals surface area contributed by atoms with Gasteiger partial charge in [0, 0.05) is 50.7 Å². The third kappa shape index (κ3) is 3.22. The van der Waals surface area contributed by atoms with Crippen LogP contribution in [0.5, 0.6) is 0 Å². The summed E-state index contributed by atoms with van der Waals surface area (Å²) in [5.74, 6) is -0.302. The number of hydrogen-bond donors (Lipinski definition) is 1. The molecule has 3 aliphatic heterocycles. The molecule has 5 heterocycles. The molecule has 2 aromatic heterocycles. The highest BCUT2D eigenvalue weighted by Crippen LogP contribution is 2.34. The number of quaternary nitrogens is 1. The van der Waals surface area contributed by atoms with Crippen molar-refractivity contribution in [2.24, 2.45) is 11.3 Å². The molecular formula is C23H27N4O4S+. The number of carbonyl (C=O) groups is 3. The highest BCUT2D eigenvalue weighted by Gasteiger charge is 2.58. The maximum Gasteiger partial charge on any atom is 0.332 e. The fourth-order valence-corrected chi connectivity index (χ4v) is 6.60. The smallest absolute Gasteiger partial charge is 0.332 e. The summed E-state index contributed by atoms with van der Waals surface area (Å²) >= 11 is 1.53. The van der Waals surface area contributed by atoms with Gasteiger partial charge in [-0.2, -0.15) is 11.3 Å². The van der Waals surface area contributed by atoms with Gasteiger partial charge in [-0.3, -0.25) is 24.2 Å². The van der Waals surface area contributed by atoms with Gasteiger partial charge in [-0.15, -0.1) is 0 Å². The molecule has 3 atom stereocenters. The lowest BCUT2D eigenvalue weighted by Gasteiger charge is -2.46. The first-order valence-electron chi connectivity index (χ1n) is 10.9. The Bertz CT molecular complexity index is 1120. The number of thiophene rings is 1. The number of nitrogens with zero attached hydrogens (tertiary/aromatic N) is 3. The molecule has 2 fully saturated rings. The largest absolute Gasteiger partial charge is 0.333 e. The van der Waals surface area contributed by atoms with Gasteiger partial charge >= 0.3 is 6.03 Å². The number of fused-ring (bicyclic) bond motifs is 4. The third-order valence-electron chi connectivity index (χ3n) is 7.31. The molecule has 2 saturated heterocycles. The minimum absolute atomic E-state index is 0.0361. The molecule has 168 valence electrons. The highest BCUT2D eigenvalue weighted by atomic mass is 32.1. The van der Waals surface area contributed by atoms with Crippen molar-refractivity contribution in [1.29, 1.82) is 0 Å². The lowest BCUT2D eigenvalue weighted by atomic mass is 9.75. The van der Waals surface area contributed by atoms with Gasteiger partial charge < -0.3 is 9.47 Å². The second-order valence-corrected chi connectivity index (χ2v) is 10.2. The topological polar surface area (TPSA) is 84.1 Å². The van der Waals surface area contributed by atoms with Crippen molar-refractivity contribution in [3.05, 3.63) is 56.6 Å². The summed E-state index contributed by atoms with van der Waals surface area (Å²) in [7, 11) is 2.91. The Morgan fingerprint density at radius 1 is 1.06 bits per heavy atom. The van der Waals surface area contributed by atoms with E-state index in [1.54, 1.807) is 6.07 Å². The van der Waals surface area contributed by atoms with E-state index in [9.17, 15) is 19.2 Å². The average molecular weight is 456 g/mol. The van der Waals surface area contributed by atoms with E-state index >= 15 is 0 Å². The second kappa shape index (κ2) is 7.67. The van der Waals surface area contributed by atoms with Crippen LogP contribution in [0.1, 0.15) is 23.6 Å². The Morgan fingerprint density at radius 3 is 2.50 bits per heavy atom. The monoisotopic (exact) mass is 455 g/mol. The first-order valence-corrected chi connectivity index (χ1v) is 11.9. The van der Waals surface area contributed by atoms with E-state index in [0.717, 1.165) is 40.6 Å². The third-order valence-corrected chi connectivity index (χ3v) is 8.04. The molecule has 1 N–H and O–H groups in total. The van der Waals surface area contributed by atoms with Crippen LogP contribution in [0.25, 0.3) is 0 Å². The molecule has 9 heteroatoms. The summed E-state index contributed by atoms with van der Waals surface area (Å²) in [4.78, 5) is 55.1. The summed E-state index contributed by atoms with van der Waals surface area (Å²) in [6.07, 6.45) is 1.30. The van der Waals surface area contributed by atoms with E-state index in [-0.39, 0.29) is 17.9 Å². The number of carbonyl (C=O) groups excluding carboxylic acids is 3. The van der Waals surface area contributed by atoms with Gasteiger partial charge in [-0.1, -0.05) is 6.07 Å². The number of pyridine rings is 1. The number of piperidine rings is 1. The van der Waals surface area contributed by atoms with Gasteiger partial charge in [0.25, 0.3) is 17.4 Å². The Kier molecular flexibility index (Phi) is 5.05. The molecular weight excluding hydrogens is 428 g/mol. The zero-order valence-corrected chi connectivity index (χ0v) is 19.1. The molecule has 0 aliphatic carbocycles. The van der Waals surface area contributed by atoms with Gasteiger partial charge in [-0.05, 0) is 34.9 Å². The zero-order valence-electron chi connectivity index (χ0n) is 18.2. The lowest BCUT2D eigenvalue weighted by molar-refractivity contribution is -0.915. The fraction of sp³-hybridized carbons (Fsp3) is 0.478. The van der Waals surface area contributed by atoms with Gasteiger partial charge in [0.05, 0.1) is 13.1 Å². The highest BCUT2D eigenvalue weighted by molar-refractivity contribution is 7.07. The number of amides is 4. The summed E-state index contributed by atoms with van der Waals surface area (Å²) in [5, 5.41) is 3.90. The second-order valence-electron chi connectivity index (χ2n) is 9.43. The zero-order chi connectivity index (χ0) is 22.6. The molecule has 0 radical (unpaired) electrons. The molecule has 2 bridgehead atoms. The maximum absolute atomic E-state index is 13.5. The van der Waals surface area contributed by atoms with E-state index in [1.165, 1.54) is 30.3 Å². The predicted molar refractivity (Wildman–Crippen MR) is 119 cm³/mol. The van der Waals surface area contributed by atoms with Crippen LogP contribution in [-0.4, -0.2) is 65.9 Å². The van der Waals surface area contributed by atoms with E-state index < -0.39 is 23.3 Å². The maximum atomic E-state index is 13.5. The number of aromatic nitrogens is 1. The number of hydrogen-bond acceptors (Lipinski definition) is 5. The van der Waals surface area contributed by atoms with Gasteiger partial charge in [-0.25, -0.2) is 4.79 Å². The van der Waals surface area contributed by atoms with E-state index in [4.69, 9.17) is 0 Å². The normalized spacial score (nSPS) is 26.9. The molecule has 0 saturated carbocycles. The van der Waals surface area contributed by atoms with Gasteiger partial charge in [0.2, 0.25) is 0 Å². The minimum atomic E-state index is -1.31. The van der Waals surface area contributed by atoms with Crippen LogP contribution in [-0.2, 0) is 22.6 Å². The summed E-state index contributed by atoms with van der Waals surface area (Å²) in [6, 6.07) is 6.78. The first kappa shape index (κ1) is 21.1. The molecule has 0 aromatic carbocycles. The van der Waals surface area contributed by atoms with Crippen LogP contribution >= 0.6 is 11.3 Å². The Morgan fingerprint density at radius 2 is 1.81 bits per heavy atom. The van der Waals surface area contributed by atoms with Crippen molar-refractivity contribution >= 4 is 29.2 Å². The van der Waals surface area contributed by atoms with Crippen molar-refractivity contribution in [1.82, 2.24) is 14.4 Å². The molecule has 3 aliphatic rings.